The van der Waals surface area contributed by atoms with Gasteiger partial charge in [0.2, 0.25) is 0 Å². The summed E-state index contributed by atoms with van der Waals surface area (Å²) < 4.78 is 7.45. The number of Topliss-reactive ketones (excluding diaryl/α,β-unsaturated/α-hetero) is 1. The Bertz CT molecular complexity index is 971. The number of hydrogen-bond donors (Lipinski definition) is 0. The molecule has 1 heterocycles. The molecular weight excluding hydrogens is 462 g/mol. The lowest BCUT2D eigenvalue weighted by Gasteiger charge is -2.37. The number of carbonyl (C=O) groups is 2. The first kappa shape index (κ1) is 18.1. The zero-order valence-corrected chi connectivity index (χ0v) is 18.0. The molecule has 4 nitrogen and oxygen atoms in total. The van der Waals surface area contributed by atoms with Crippen LogP contribution >= 0.6 is 31.9 Å². The van der Waals surface area contributed by atoms with E-state index < -0.39 is 16.2 Å². The largest absolute Gasteiger partial charge is 0.423 e. The van der Waals surface area contributed by atoms with Crippen molar-refractivity contribution in [1.29, 1.82) is 0 Å². The van der Waals surface area contributed by atoms with Crippen LogP contribution in [0.25, 0.3) is 10.9 Å². The summed E-state index contributed by atoms with van der Waals surface area (Å²) in [5, 5.41) is 0.869. The molecule has 6 heteroatoms. The summed E-state index contributed by atoms with van der Waals surface area (Å²) in [4.78, 5) is 30.4. The van der Waals surface area contributed by atoms with Gasteiger partial charge in [0.15, 0.2) is 5.75 Å². The first-order valence-electron chi connectivity index (χ1n) is 8.62. The molecule has 136 valence electrons. The molecule has 0 unspecified atom stereocenters. The summed E-state index contributed by atoms with van der Waals surface area (Å²) in [6.07, 6.45) is 3.34. The highest BCUT2D eigenvalue weighted by Crippen LogP contribution is 2.70. The van der Waals surface area contributed by atoms with Crippen molar-refractivity contribution in [2.45, 2.75) is 40.0 Å². The summed E-state index contributed by atoms with van der Waals surface area (Å²) in [7, 11) is 0. The number of hydrogen-bond acceptors (Lipinski definition) is 4. The van der Waals surface area contributed by atoms with E-state index in [-0.39, 0.29) is 18.2 Å². The third-order valence-corrected chi connectivity index (χ3v) is 8.29. The third kappa shape index (κ3) is 2.09. The lowest BCUT2D eigenvalue weighted by atomic mass is 9.65. The van der Waals surface area contributed by atoms with E-state index in [4.69, 9.17) is 4.74 Å². The van der Waals surface area contributed by atoms with Crippen molar-refractivity contribution in [2.75, 3.05) is 0 Å². The van der Waals surface area contributed by atoms with Crippen molar-refractivity contribution in [3.8, 4) is 5.75 Å². The summed E-state index contributed by atoms with van der Waals surface area (Å²) in [5.41, 5.74) is -1.05. The second-order valence-corrected chi connectivity index (χ2v) is 9.81. The summed E-state index contributed by atoms with van der Waals surface area (Å²) >= 11 is 7.02. The van der Waals surface area contributed by atoms with Gasteiger partial charge in [0.1, 0.15) is 11.3 Å². The van der Waals surface area contributed by atoms with Crippen molar-refractivity contribution < 1.29 is 14.3 Å². The highest BCUT2D eigenvalue weighted by molar-refractivity contribution is 9.11. The Balaban J connectivity index is 1.79. The first-order valence-corrected chi connectivity index (χ1v) is 10.2. The number of nitrogens with zero attached hydrogens (tertiary/aromatic N) is 1. The number of esters is 1. The van der Waals surface area contributed by atoms with E-state index in [1.165, 1.54) is 0 Å². The van der Waals surface area contributed by atoms with Crippen LogP contribution in [0.5, 0.6) is 5.75 Å². The normalized spacial score (nSPS) is 29.3. The fraction of sp³-hybridized carbons (Fsp3) is 0.450. The van der Waals surface area contributed by atoms with Crippen LogP contribution in [-0.4, -0.2) is 16.7 Å². The van der Waals surface area contributed by atoms with Crippen molar-refractivity contribution in [2.24, 2.45) is 16.2 Å². The third-order valence-electron chi connectivity index (χ3n) is 7.04. The van der Waals surface area contributed by atoms with Gasteiger partial charge in [0.05, 0.1) is 9.89 Å². The number of aromatic nitrogens is 1. The number of halogens is 2. The summed E-state index contributed by atoms with van der Waals surface area (Å²) in [6, 6.07) is 5.62. The van der Waals surface area contributed by atoms with Crippen LogP contribution in [0.3, 0.4) is 0 Å². The highest BCUT2D eigenvalue weighted by Gasteiger charge is 2.73. The molecule has 4 rings (SSSR count). The number of pyridine rings is 1. The molecule has 2 bridgehead atoms. The zero-order valence-electron chi connectivity index (χ0n) is 14.9. The number of rotatable bonds is 2. The van der Waals surface area contributed by atoms with Crippen molar-refractivity contribution in [1.82, 2.24) is 4.98 Å². The minimum absolute atomic E-state index is 0.170. The van der Waals surface area contributed by atoms with Crippen molar-refractivity contribution in [3.63, 3.8) is 0 Å². The Morgan fingerprint density at radius 3 is 2.54 bits per heavy atom. The molecule has 0 radical (unpaired) electrons. The maximum absolute atomic E-state index is 13.3. The molecule has 0 aliphatic heterocycles. The summed E-state index contributed by atoms with van der Waals surface area (Å²) in [6.45, 7) is 6.04. The molecule has 1 aromatic heterocycles. The van der Waals surface area contributed by atoms with Crippen LogP contribution in [0.4, 0.5) is 0 Å². The highest BCUT2D eigenvalue weighted by atomic mass is 79.9. The fourth-order valence-electron chi connectivity index (χ4n) is 4.75. The minimum atomic E-state index is -0.771. The average molecular weight is 481 g/mol. The number of carbonyl (C=O) groups excluding carboxylic acids is 2. The Morgan fingerprint density at radius 2 is 1.92 bits per heavy atom. The van der Waals surface area contributed by atoms with Gasteiger partial charge in [-0.1, -0.05) is 42.8 Å². The standard InChI is InChI=1S/C20H19Br2NO3/c1-18(2)19(3)6-7-20(18,10-14(19)24)17(25)26-16-13(22)9-12(21)11-5-4-8-23-15(11)16/h4-5,8-9H,6-7,10H2,1-3H3/t19-,20+/m1/s1. The van der Waals surface area contributed by atoms with Gasteiger partial charge in [-0.2, -0.15) is 0 Å². The van der Waals surface area contributed by atoms with E-state index in [1.807, 2.05) is 39.0 Å². The van der Waals surface area contributed by atoms with E-state index in [1.54, 1.807) is 6.20 Å². The van der Waals surface area contributed by atoms with Gasteiger partial charge in [-0.15, -0.1) is 0 Å². The second-order valence-electron chi connectivity index (χ2n) is 8.10. The Morgan fingerprint density at radius 1 is 1.19 bits per heavy atom. The van der Waals surface area contributed by atoms with Crippen molar-refractivity contribution in [3.05, 3.63) is 33.3 Å². The number of benzene rings is 1. The lowest BCUT2D eigenvalue weighted by molar-refractivity contribution is -0.151. The molecule has 0 spiro atoms. The van der Waals surface area contributed by atoms with Gasteiger partial charge < -0.3 is 4.74 Å². The molecule has 26 heavy (non-hydrogen) atoms. The summed E-state index contributed by atoms with van der Waals surface area (Å²) in [5.74, 6) is 0.252. The van der Waals surface area contributed by atoms with E-state index >= 15 is 0 Å². The van der Waals surface area contributed by atoms with Crippen LogP contribution < -0.4 is 4.74 Å². The molecular formula is C20H19Br2NO3. The van der Waals surface area contributed by atoms with Gasteiger partial charge in [0.25, 0.3) is 0 Å². The van der Waals surface area contributed by atoms with E-state index in [0.717, 1.165) is 16.3 Å². The molecule has 2 aliphatic rings. The predicted octanol–water partition coefficient (Wildman–Crippen LogP) is 5.45. The predicted molar refractivity (Wildman–Crippen MR) is 106 cm³/mol. The second kappa shape index (κ2) is 5.61. The smallest absolute Gasteiger partial charge is 0.318 e. The van der Waals surface area contributed by atoms with Crippen LogP contribution in [0.1, 0.15) is 40.0 Å². The molecule has 1 aromatic carbocycles. The lowest BCUT2D eigenvalue weighted by Crippen LogP contribution is -2.42. The number of ether oxygens (including phenoxy) is 1. The molecule has 2 saturated carbocycles. The molecule has 2 aliphatic carbocycles. The van der Waals surface area contributed by atoms with E-state index in [9.17, 15) is 9.59 Å². The molecule has 0 amide bonds. The quantitative estimate of drug-likeness (QED) is 0.423. The van der Waals surface area contributed by atoms with Crippen LogP contribution in [-0.2, 0) is 9.59 Å². The zero-order chi connectivity index (χ0) is 18.9. The topological polar surface area (TPSA) is 56.3 Å². The molecule has 2 aromatic rings. The Kier molecular flexibility index (Phi) is 3.91. The van der Waals surface area contributed by atoms with Gasteiger partial charge >= 0.3 is 5.97 Å². The van der Waals surface area contributed by atoms with E-state index in [2.05, 4.69) is 36.8 Å². The van der Waals surface area contributed by atoms with Gasteiger partial charge in [-0.25, -0.2) is 0 Å². The van der Waals surface area contributed by atoms with Crippen LogP contribution in [0, 0.1) is 16.2 Å². The molecule has 0 N–H and O–H groups in total. The van der Waals surface area contributed by atoms with Gasteiger partial charge in [-0.3, -0.25) is 14.6 Å². The van der Waals surface area contributed by atoms with Crippen molar-refractivity contribution >= 4 is 54.5 Å². The molecule has 2 atom stereocenters. The maximum atomic E-state index is 13.3. The van der Waals surface area contributed by atoms with E-state index in [0.29, 0.717) is 22.2 Å². The average Bonchev–Trinajstić information content (AvgIpc) is 2.89. The van der Waals surface area contributed by atoms with Crippen LogP contribution in [0.2, 0.25) is 0 Å². The first-order chi connectivity index (χ1) is 12.1. The Hall–Kier alpha value is -1.27. The minimum Gasteiger partial charge on any atom is -0.423 e. The van der Waals surface area contributed by atoms with Gasteiger partial charge in [0, 0.05) is 27.9 Å². The fourth-order valence-corrected chi connectivity index (χ4v) is 6.10. The SMILES string of the molecule is CC1(C)[C@@]2(C(=O)Oc3c(Br)cc(Br)c4cccnc34)CC[C@]1(C)C(=O)C2. The number of ketones is 1. The Labute approximate surface area is 169 Å². The number of fused-ring (bicyclic) bond motifs is 3. The van der Waals surface area contributed by atoms with Gasteiger partial charge in [-0.05, 0) is 46.3 Å². The molecule has 0 saturated heterocycles. The molecule has 2 fully saturated rings. The monoisotopic (exact) mass is 479 g/mol. The maximum Gasteiger partial charge on any atom is 0.318 e. The van der Waals surface area contributed by atoms with Crippen LogP contribution in [0.15, 0.2) is 33.3 Å².